The van der Waals surface area contributed by atoms with Gasteiger partial charge in [-0.2, -0.15) is 0 Å². The van der Waals surface area contributed by atoms with Crippen LogP contribution in [0.3, 0.4) is 0 Å². The Morgan fingerprint density at radius 2 is 1.03 bits per heavy atom. The van der Waals surface area contributed by atoms with Gasteiger partial charge in [0.1, 0.15) is 18.6 Å². The topological polar surface area (TPSA) is 183 Å². The molecular weight excluding hydrogens is 450 g/mol. The minimum atomic E-state index is -0.647. The van der Waals surface area contributed by atoms with Crippen LogP contribution in [0.25, 0.3) is 0 Å². The van der Waals surface area contributed by atoms with Crippen molar-refractivity contribution in [3.8, 4) is 0 Å². The number of hydrogen-bond donors (Lipinski definition) is 0. The number of aryl methyl sites for hydroxylation is 3. The molecule has 0 atom stereocenters. The molecule has 0 saturated carbocycles. The van der Waals surface area contributed by atoms with Crippen LogP contribution >= 0.6 is 0 Å². The minimum Gasteiger partial charge on any atom is -0.358 e. The third kappa shape index (κ3) is 4.92. The molecule has 3 aromatic heterocycles. The van der Waals surface area contributed by atoms with E-state index >= 15 is 0 Å². The summed E-state index contributed by atoms with van der Waals surface area (Å²) in [6, 6.07) is 0. The molecule has 15 heteroatoms. The maximum Gasteiger partial charge on any atom is 0.342 e. The molecule has 0 radical (unpaired) electrons. The number of nitrogens with zero attached hydrogens (tertiary/aromatic N) is 9. The number of nitro groups is 3. The summed E-state index contributed by atoms with van der Waals surface area (Å²) in [7, 11) is 0. The summed E-state index contributed by atoms with van der Waals surface area (Å²) in [5.41, 5.74) is -0.647. The van der Waals surface area contributed by atoms with Gasteiger partial charge in [-0.25, -0.2) is 28.7 Å². The molecule has 0 aliphatic heterocycles. The van der Waals surface area contributed by atoms with Gasteiger partial charge in [0.25, 0.3) is 0 Å². The van der Waals surface area contributed by atoms with Gasteiger partial charge in [-0.15, -0.1) is 0 Å². The van der Waals surface area contributed by atoms with E-state index in [0.717, 1.165) is 0 Å². The summed E-state index contributed by atoms with van der Waals surface area (Å²) >= 11 is 0. The van der Waals surface area contributed by atoms with Crippen molar-refractivity contribution in [3.63, 3.8) is 0 Å². The minimum absolute atomic E-state index is 0.147. The van der Waals surface area contributed by atoms with Crippen LogP contribution in [0.15, 0.2) is 18.6 Å². The molecule has 0 fully saturated rings. The molecule has 0 aromatic carbocycles. The third-order valence-electron chi connectivity index (χ3n) is 6.08. The molecule has 0 N–H and O–H groups in total. The van der Waals surface area contributed by atoms with Crippen molar-refractivity contribution < 1.29 is 14.8 Å². The lowest BCUT2D eigenvalue weighted by molar-refractivity contribution is -0.393. The SMILES string of the molecule is Cc1ncc([N+](=O)[O-])n1CCC(C)(CCn1c([N+](=O)[O-])cnc1C)Cn1c([N+](=O)[O-])cnc1C. The van der Waals surface area contributed by atoms with Gasteiger partial charge in [-0.05, 0) is 27.6 Å². The van der Waals surface area contributed by atoms with Crippen LogP contribution in [0.4, 0.5) is 17.5 Å². The lowest BCUT2D eigenvalue weighted by atomic mass is 9.82. The summed E-state index contributed by atoms with van der Waals surface area (Å²) in [5.74, 6) is 0.933. The maximum absolute atomic E-state index is 11.5. The molecule has 15 nitrogen and oxygen atoms in total. The summed E-state index contributed by atoms with van der Waals surface area (Å²) < 4.78 is 4.46. The van der Waals surface area contributed by atoms with Gasteiger partial charge in [0, 0.05) is 26.2 Å². The number of hydrogen-bond acceptors (Lipinski definition) is 9. The highest BCUT2D eigenvalue weighted by molar-refractivity contribution is 5.21. The van der Waals surface area contributed by atoms with E-state index in [1.54, 1.807) is 20.8 Å². The van der Waals surface area contributed by atoms with Crippen LogP contribution in [0.5, 0.6) is 0 Å². The highest BCUT2D eigenvalue weighted by Gasteiger charge is 2.34. The van der Waals surface area contributed by atoms with Gasteiger partial charge >= 0.3 is 17.5 Å². The average Bonchev–Trinajstić information content (AvgIpc) is 3.42. The Morgan fingerprint density at radius 1 is 0.706 bits per heavy atom. The van der Waals surface area contributed by atoms with Crippen LogP contribution in [0, 0.1) is 56.5 Å². The molecule has 0 spiro atoms. The van der Waals surface area contributed by atoms with Crippen molar-refractivity contribution in [1.82, 2.24) is 28.7 Å². The van der Waals surface area contributed by atoms with E-state index in [0.29, 0.717) is 30.3 Å². The first-order valence-corrected chi connectivity index (χ1v) is 10.4. The predicted molar refractivity (Wildman–Crippen MR) is 118 cm³/mol. The molecule has 0 saturated heterocycles. The second kappa shape index (κ2) is 9.36. The highest BCUT2D eigenvalue weighted by Crippen LogP contribution is 2.34. The van der Waals surface area contributed by atoms with Crippen molar-refractivity contribution in [1.29, 1.82) is 0 Å². The Bertz CT molecular complexity index is 1180. The second-order valence-electron chi connectivity index (χ2n) is 8.46. The largest absolute Gasteiger partial charge is 0.358 e. The fraction of sp³-hybridized carbons (Fsp3) is 0.526. The van der Waals surface area contributed by atoms with Gasteiger partial charge in [-0.3, -0.25) is 0 Å². The quantitative estimate of drug-likeness (QED) is 0.297. The van der Waals surface area contributed by atoms with Crippen molar-refractivity contribution >= 4 is 17.5 Å². The fourth-order valence-corrected chi connectivity index (χ4v) is 3.98. The fourth-order valence-electron chi connectivity index (χ4n) is 3.98. The zero-order valence-corrected chi connectivity index (χ0v) is 19.2. The van der Waals surface area contributed by atoms with Gasteiger partial charge in [0.15, 0.2) is 17.5 Å². The lowest BCUT2D eigenvalue weighted by Crippen LogP contribution is -2.28. The zero-order chi connectivity index (χ0) is 25.2. The summed E-state index contributed by atoms with van der Waals surface area (Å²) in [4.78, 5) is 44.8. The molecule has 0 aliphatic rings. The third-order valence-corrected chi connectivity index (χ3v) is 6.08. The number of rotatable bonds is 11. The van der Waals surface area contributed by atoms with E-state index in [9.17, 15) is 30.3 Å². The summed E-state index contributed by atoms with van der Waals surface area (Å²) in [6.07, 6.45) is 4.35. The molecule has 34 heavy (non-hydrogen) atoms. The zero-order valence-electron chi connectivity index (χ0n) is 19.2. The normalized spacial score (nSPS) is 11.6. The Morgan fingerprint density at radius 3 is 1.38 bits per heavy atom. The highest BCUT2D eigenvalue weighted by atomic mass is 16.6. The second-order valence-corrected chi connectivity index (χ2v) is 8.46. The molecule has 0 aliphatic carbocycles. The van der Waals surface area contributed by atoms with Crippen LogP contribution in [-0.2, 0) is 19.6 Å². The molecule has 182 valence electrons. The number of aromatic nitrogens is 6. The van der Waals surface area contributed by atoms with Gasteiger partial charge < -0.3 is 30.3 Å². The summed E-state index contributed by atoms with van der Waals surface area (Å²) in [6.45, 7) is 7.55. The molecule has 3 aromatic rings. The van der Waals surface area contributed by atoms with E-state index in [4.69, 9.17) is 0 Å². The van der Waals surface area contributed by atoms with E-state index < -0.39 is 20.2 Å². The molecule has 3 rings (SSSR count). The van der Waals surface area contributed by atoms with Crippen LogP contribution in [0.2, 0.25) is 0 Å². The van der Waals surface area contributed by atoms with Gasteiger partial charge in [0.2, 0.25) is 0 Å². The van der Waals surface area contributed by atoms with E-state index in [1.807, 2.05) is 6.92 Å². The van der Waals surface area contributed by atoms with Gasteiger partial charge in [-0.1, -0.05) is 6.92 Å². The van der Waals surface area contributed by atoms with Crippen molar-refractivity contribution in [2.24, 2.45) is 5.41 Å². The predicted octanol–water partition coefficient (Wildman–Crippen LogP) is 3.11. The van der Waals surface area contributed by atoms with Crippen molar-refractivity contribution in [3.05, 3.63) is 66.4 Å². The summed E-state index contributed by atoms with van der Waals surface area (Å²) in [5, 5.41) is 34.3. The molecule has 0 unspecified atom stereocenters. The van der Waals surface area contributed by atoms with E-state index in [1.165, 1.54) is 32.3 Å². The lowest BCUT2D eigenvalue weighted by Gasteiger charge is -2.27. The van der Waals surface area contributed by atoms with Crippen LogP contribution in [0.1, 0.15) is 37.2 Å². The Hall–Kier alpha value is -4.17. The van der Waals surface area contributed by atoms with Crippen molar-refractivity contribution in [2.45, 2.75) is 60.2 Å². The molecular formula is C19H25N9O6. The Balaban J connectivity index is 1.93. The first kappa shape index (κ1) is 24.5. The first-order valence-electron chi connectivity index (χ1n) is 10.4. The van der Waals surface area contributed by atoms with Crippen LogP contribution in [-0.4, -0.2) is 43.4 Å². The molecule has 3 heterocycles. The van der Waals surface area contributed by atoms with Crippen molar-refractivity contribution in [2.75, 3.05) is 0 Å². The Kier molecular flexibility index (Phi) is 6.74. The Labute approximate surface area is 193 Å². The standard InChI is InChI=1S/C19H25N9O6/c1-13-20-9-16(26(29)30)23(13)7-5-19(4,12-25-15(3)22-11-18(25)28(33)34)6-8-24-14(2)21-10-17(24)27(31)32/h9-11H,5-8,12H2,1-4H3. The first-order chi connectivity index (χ1) is 15.9. The number of imidazole rings is 3. The van der Waals surface area contributed by atoms with Crippen LogP contribution < -0.4 is 0 Å². The average molecular weight is 475 g/mol. The molecule has 0 bridgehead atoms. The maximum atomic E-state index is 11.5. The van der Waals surface area contributed by atoms with E-state index in [2.05, 4.69) is 15.0 Å². The monoisotopic (exact) mass is 475 g/mol. The van der Waals surface area contributed by atoms with E-state index in [-0.39, 0.29) is 37.1 Å². The molecule has 0 amide bonds. The smallest absolute Gasteiger partial charge is 0.342 e. The van der Waals surface area contributed by atoms with Gasteiger partial charge in [0.05, 0.1) is 19.6 Å².